The number of hydrogen-bond donors (Lipinski definition) is 3. The minimum atomic E-state index is -0.741. The van der Waals surface area contributed by atoms with Crippen LogP contribution >= 0.6 is 0 Å². The van der Waals surface area contributed by atoms with Crippen LogP contribution in [0.4, 0.5) is 0 Å². The van der Waals surface area contributed by atoms with Crippen LogP contribution in [-0.4, -0.2) is 50.4 Å². The lowest BCUT2D eigenvalue weighted by molar-refractivity contribution is -0.152. The molecule has 0 spiro atoms. The number of carboxylic acid groups (broad SMARTS) is 2. The van der Waals surface area contributed by atoms with Crippen LogP contribution in [0.3, 0.4) is 0 Å². The van der Waals surface area contributed by atoms with Crippen molar-refractivity contribution in [2.45, 2.75) is 66.7 Å². The molecule has 182 valence electrons. The maximum Gasteiger partial charge on any atom is 0.330 e. The van der Waals surface area contributed by atoms with Gasteiger partial charge in [0.25, 0.3) is 5.56 Å². The Morgan fingerprint density at radius 2 is 1.53 bits per heavy atom. The summed E-state index contributed by atoms with van der Waals surface area (Å²) < 4.78 is 12.1. The molecule has 1 aromatic rings. The molecule has 0 amide bonds. The Labute approximate surface area is 186 Å². The number of carbonyl (C=O) groups excluding carboxylic acids is 1. The van der Waals surface area contributed by atoms with Crippen molar-refractivity contribution in [1.29, 1.82) is 0 Å². The maximum absolute atomic E-state index is 11.6. The third kappa shape index (κ3) is 11.4. The average Bonchev–Trinajstić information content (AvgIpc) is 3.15. The van der Waals surface area contributed by atoms with Crippen molar-refractivity contribution in [3.63, 3.8) is 0 Å². The van der Waals surface area contributed by atoms with E-state index in [4.69, 9.17) is 19.7 Å². The predicted octanol–water partition coefficient (Wildman–Crippen LogP) is 1.87. The van der Waals surface area contributed by atoms with E-state index in [2.05, 4.69) is 4.98 Å². The third-order valence-corrected chi connectivity index (χ3v) is 4.12. The van der Waals surface area contributed by atoms with E-state index in [1.54, 1.807) is 41.5 Å². The lowest BCUT2D eigenvalue weighted by Gasteiger charge is -2.16. The predicted molar refractivity (Wildman–Crippen MR) is 115 cm³/mol. The summed E-state index contributed by atoms with van der Waals surface area (Å²) in [5.41, 5.74) is -0.936. The number of carboxylic acids is 2. The molecule has 1 aliphatic heterocycles. The van der Waals surface area contributed by atoms with E-state index >= 15 is 0 Å². The van der Waals surface area contributed by atoms with Gasteiger partial charge in [-0.2, -0.15) is 0 Å². The third-order valence-electron chi connectivity index (χ3n) is 4.12. The van der Waals surface area contributed by atoms with E-state index in [-0.39, 0.29) is 36.4 Å². The standard InChI is InChI=1S/C13H18N2O5.2C4H8O2/c1-8(2)12(17)19-7-9-3-4-11(20-9)15-6-5-10(16)14-13(15)18;2*1-3(2)4(5)6/h5-6,8-9,11H,3-4,7H2,1-2H3,(H,14,16,18);2*3H,1-2H3,(H,5,6). The molecule has 32 heavy (non-hydrogen) atoms. The molecule has 0 saturated carbocycles. The van der Waals surface area contributed by atoms with Crippen molar-refractivity contribution in [2.75, 3.05) is 6.61 Å². The molecule has 2 atom stereocenters. The Kier molecular flexibility index (Phi) is 12.9. The highest BCUT2D eigenvalue weighted by atomic mass is 16.6. The Morgan fingerprint density at radius 1 is 1.03 bits per heavy atom. The van der Waals surface area contributed by atoms with Crippen LogP contribution in [0.5, 0.6) is 0 Å². The van der Waals surface area contributed by atoms with Gasteiger partial charge < -0.3 is 19.7 Å². The van der Waals surface area contributed by atoms with Gasteiger partial charge in [0.05, 0.1) is 23.9 Å². The SMILES string of the molecule is CC(C)C(=O)O.CC(C)C(=O)O.CC(C)C(=O)OCC1CCC(n2ccc(=O)[nH]c2=O)O1. The molecule has 2 heterocycles. The number of nitrogens with zero attached hydrogens (tertiary/aromatic N) is 1. The van der Waals surface area contributed by atoms with E-state index in [1.165, 1.54) is 16.8 Å². The second kappa shape index (κ2) is 14.2. The Morgan fingerprint density at radius 3 is 1.94 bits per heavy atom. The van der Waals surface area contributed by atoms with E-state index < -0.39 is 29.4 Å². The van der Waals surface area contributed by atoms with Gasteiger partial charge in [-0.05, 0) is 12.8 Å². The van der Waals surface area contributed by atoms with Gasteiger partial charge in [-0.3, -0.25) is 28.7 Å². The molecule has 0 radical (unpaired) electrons. The van der Waals surface area contributed by atoms with Crippen LogP contribution in [0.15, 0.2) is 21.9 Å². The van der Waals surface area contributed by atoms with Crippen LogP contribution in [0.1, 0.15) is 60.6 Å². The lowest BCUT2D eigenvalue weighted by atomic mass is 10.2. The van der Waals surface area contributed by atoms with Gasteiger partial charge in [0, 0.05) is 12.3 Å². The van der Waals surface area contributed by atoms with Crippen LogP contribution in [0.2, 0.25) is 0 Å². The van der Waals surface area contributed by atoms with Crippen molar-refractivity contribution in [2.24, 2.45) is 17.8 Å². The number of hydrogen-bond acceptors (Lipinski definition) is 7. The zero-order chi connectivity index (χ0) is 25.0. The van der Waals surface area contributed by atoms with Gasteiger partial charge in [0.2, 0.25) is 0 Å². The quantitative estimate of drug-likeness (QED) is 0.539. The molecule has 0 aromatic carbocycles. The number of aliphatic carboxylic acids is 2. The van der Waals surface area contributed by atoms with Crippen molar-refractivity contribution in [3.8, 4) is 0 Å². The summed E-state index contributed by atoms with van der Waals surface area (Å²) in [6.45, 7) is 10.3. The molecular weight excluding hydrogens is 424 g/mol. The minimum Gasteiger partial charge on any atom is -0.481 e. The summed E-state index contributed by atoms with van der Waals surface area (Å²) in [6, 6.07) is 1.27. The molecule has 2 unspecified atom stereocenters. The van der Waals surface area contributed by atoms with Crippen molar-refractivity contribution in [3.05, 3.63) is 33.1 Å². The smallest absolute Gasteiger partial charge is 0.330 e. The molecule has 0 aliphatic carbocycles. The fourth-order valence-electron chi connectivity index (χ4n) is 2.01. The van der Waals surface area contributed by atoms with E-state index in [0.717, 1.165) is 0 Å². The lowest BCUT2D eigenvalue weighted by Crippen LogP contribution is -2.32. The van der Waals surface area contributed by atoms with Crippen LogP contribution < -0.4 is 11.2 Å². The first kappa shape index (κ1) is 29.1. The Bertz CT molecular complexity index is 837. The maximum atomic E-state index is 11.6. The van der Waals surface area contributed by atoms with Gasteiger partial charge >= 0.3 is 23.6 Å². The number of ether oxygens (including phenoxy) is 2. The Hall–Kier alpha value is -2.95. The van der Waals surface area contributed by atoms with Gasteiger partial charge in [0.1, 0.15) is 12.8 Å². The van der Waals surface area contributed by atoms with Gasteiger partial charge in [-0.1, -0.05) is 41.5 Å². The van der Waals surface area contributed by atoms with Crippen LogP contribution in [0, 0.1) is 17.8 Å². The molecule has 1 fully saturated rings. The topological polar surface area (TPSA) is 165 Å². The number of H-pyrrole nitrogens is 1. The number of carbonyl (C=O) groups is 3. The second-order valence-electron chi connectivity index (χ2n) is 8.08. The van der Waals surface area contributed by atoms with Gasteiger partial charge in [0.15, 0.2) is 0 Å². The van der Waals surface area contributed by atoms with Crippen LogP contribution in [-0.2, 0) is 23.9 Å². The Balaban J connectivity index is 0.000000662. The summed E-state index contributed by atoms with van der Waals surface area (Å²) in [5, 5.41) is 16.0. The molecule has 1 aliphatic rings. The van der Waals surface area contributed by atoms with Crippen LogP contribution in [0.25, 0.3) is 0 Å². The fourth-order valence-corrected chi connectivity index (χ4v) is 2.01. The van der Waals surface area contributed by atoms with E-state index in [1.807, 2.05) is 0 Å². The zero-order valence-corrected chi connectivity index (χ0v) is 19.4. The van der Waals surface area contributed by atoms with Crippen molar-refractivity contribution in [1.82, 2.24) is 9.55 Å². The number of aromatic nitrogens is 2. The molecule has 1 aromatic heterocycles. The highest BCUT2D eigenvalue weighted by Crippen LogP contribution is 2.27. The normalized spacial score (nSPS) is 17.3. The molecule has 0 bridgehead atoms. The fraction of sp³-hybridized carbons (Fsp3) is 0.667. The summed E-state index contributed by atoms with van der Waals surface area (Å²) in [4.78, 5) is 55.6. The molecule has 11 heteroatoms. The highest BCUT2D eigenvalue weighted by molar-refractivity contribution is 5.71. The van der Waals surface area contributed by atoms with Crippen molar-refractivity contribution >= 4 is 17.9 Å². The molecule has 11 nitrogen and oxygen atoms in total. The summed E-state index contributed by atoms with van der Waals surface area (Å²) in [5.74, 6) is -2.38. The molecule has 3 N–H and O–H groups in total. The largest absolute Gasteiger partial charge is 0.481 e. The molecule has 2 rings (SSSR count). The van der Waals surface area contributed by atoms with Gasteiger partial charge in [-0.25, -0.2) is 4.79 Å². The van der Waals surface area contributed by atoms with Crippen molar-refractivity contribution < 1.29 is 34.1 Å². The first-order valence-corrected chi connectivity index (χ1v) is 10.3. The first-order valence-electron chi connectivity index (χ1n) is 10.3. The summed E-state index contributed by atoms with van der Waals surface area (Å²) in [6.07, 6.45) is 2.09. The summed E-state index contributed by atoms with van der Waals surface area (Å²) >= 11 is 0. The second-order valence-corrected chi connectivity index (χ2v) is 8.08. The number of esters is 1. The van der Waals surface area contributed by atoms with E-state index in [9.17, 15) is 24.0 Å². The first-order chi connectivity index (χ1) is 14.8. The summed E-state index contributed by atoms with van der Waals surface area (Å²) in [7, 11) is 0. The van der Waals surface area contributed by atoms with Gasteiger partial charge in [-0.15, -0.1) is 0 Å². The van der Waals surface area contributed by atoms with E-state index in [0.29, 0.717) is 12.8 Å². The number of aromatic amines is 1. The number of nitrogens with one attached hydrogen (secondary N) is 1. The number of rotatable bonds is 6. The monoisotopic (exact) mass is 458 g/mol. The molecular formula is C21H34N2O9. The average molecular weight is 459 g/mol. The minimum absolute atomic E-state index is 0.172. The highest BCUT2D eigenvalue weighted by Gasteiger charge is 2.28. The molecule has 1 saturated heterocycles. The zero-order valence-electron chi connectivity index (χ0n) is 19.4.